The molecule has 0 aliphatic carbocycles. The topological polar surface area (TPSA) is 48.2 Å². The molecule has 2 heterocycles. The lowest BCUT2D eigenvalue weighted by molar-refractivity contribution is -0.915. The van der Waals surface area contributed by atoms with Gasteiger partial charge in [-0.1, -0.05) is 26.0 Å². The van der Waals surface area contributed by atoms with E-state index in [9.17, 15) is 9.90 Å². The van der Waals surface area contributed by atoms with Gasteiger partial charge in [-0.15, -0.1) is 0 Å². The number of piperidine rings is 1. The fourth-order valence-corrected chi connectivity index (χ4v) is 4.49. The number of phenolic OH excluding ortho intramolecular Hbond substituents is 1. The number of para-hydroxylation sites is 2. The number of phenols is 1. The lowest BCUT2D eigenvalue weighted by Gasteiger charge is -2.40. The largest absolute Gasteiger partial charge is 0.506 e. The number of nitrogens with zero attached hydrogens (tertiary/aromatic N) is 2. The van der Waals surface area contributed by atoms with E-state index in [0.29, 0.717) is 23.5 Å². The minimum absolute atomic E-state index is 0.0176. The van der Waals surface area contributed by atoms with Crippen LogP contribution in [-0.2, 0) is 4.79 Å². The van der Waals surface area contributed by atoms with Crippen molar-refractivity contribution < 1.29 is 14.8 Å². The van der Waals surface area contributed by atoms with Gasteiger partial charge in [0, 0.05) is 13.1 Å². The second-order valence-electron chi connectivity index (χ2n) is 8.04. The first-order chi connectivity index (χ1) is 12.0. The van der Waals surface area contributed by atoms with Crippen LogP contribution in [0.1, 0.15) is 27.2 Å². The van der Waals surface area contributed by atoms with Gasteiger partial charge in [0.15, 0.2) is 6.04 Å². The molecule has 5 nitrogen and oxygen atoms in total. The van der Waals surface area contributed by atoms with Crippen molar-refractivity contribution in [1.29, 1.82) is 0 Å². The average molecular weight is 346 g/mol. The molecule has 0 unspecified atom stereocenters. The van der Waals surface area contributed by atoms with Gasteiger partial charge in [-0.25, -0.2) is 0 Å². The van der Waals surface area contributed by atoms with Crippen molar-refractivity contribution in [3.63, 3.8) is 0 Å². The summed E-state index contributed by atoms with van der Waals surface area (Å²) in [7, 11) is 0. The molecule has 5 heteroatoms. The van der Waals surface area contributed by atoms with E-state index in [1.165, 1.54) is 11.3 Å². The zero-order valence-corrected chi connectivity index (χ0v) is 15.7. The van der Waals surface area contributed by atoms with Crippen LogP contribution in [0.5, 0.6) is 5.75 Å². The highest BCUT2D eigenvalue weighted by Gasteiger charge is 2.35. The fourth-order valence-electron chi connectivity index (χ4n) is 4.49. The number of aromatic hydroxyl groups is 1. The first-order valence-electron chi connectivity index (χ1n) is 9.62. The first kappa shape index (κ1) is 18.1. The Morgan fingerprint density at radius 3 is 2.36 bits per heavy atom. The van der Waals surface area contributed by atoms with Crippen LogP contribution >= 0.6 is 0 Å². The van der Waals surface area contributed by atoms with Crippen LogP contribution in [0.3, 0.4) is 0 Å². The third kappa shape index (κ3) is 4.09. The molecule has 0 bridgehead atoms. The molecule has 0 saturated carbocycles. The highest BCUT2D eigenvalue weighted by molar-refractivity contribution is 5.80. The van der Waals surface area contributed by atoms with E-state index in [1.54, 1.807) is 6.07 Å². The third-order valence-corrected chi connectivity index (χ3v) is 5.79. The van der Waals surface area contributed by atoms with Crippen LogP contribution in [0.4, 0.5) is 5.69 Å². The lowest BCUT2D eigenvalue weighted by Crippen LogP contribution is -3.19. The number of anilines is 1. The molecule has 3 atom stereocenters. The SMILES string of the molecule is C[C@@H]1C[C@H](C)CN(C(=O)[C@@H](C)[NH+]2CCN(c3ccccc3O)CC2)C1. The Bertz CT molecular complexity index is 588. The molecule has 2 fully saturated rings. The van der Waals surface area contributed by atoms with Gasteiger partial charge in [-0.05, 0) is 37.3 Å². The second kappa shape index (κ2) is 7.65. The molecule has 1 aromatic rings. The number of benzene rings is 1. The van der Waals surface area contributed by atoms with Crippen LogP contribution in [0.25, 0.3) is 0 Å². The van der Waals surface area contributed by atoms with Gasteiger partial charge in [0.05, 0.1) is 31.9 Å². The molecule has 0 aromatic heterocycles. The Balaban J connectivity index is 1.57. The lowest BCUT2D eigenvalue weighted by atomic mass is 9.91. The highest BCUT2D eigenvalue weighted by Crippen LogP contribution is 2.26. The van der Waals surface area contributed by atoms with Crippen LogP contribution in [-0.4, -0.2) is 61.2 Å². The molecule has 1 aromatic carbocycles. The second-order valence-corrected chi connectivity index (χ2v) is 8.04. The molecule has 2 N–H and O–H groups in total. The van der Waals surface area contributed by atoms with E-state index in [-0.39, 0.29) is 6.04 Å². The van der Waals surface area contributed by atoms with E-state index in [1.807, 2.05) is 18.2 Å². The van der Waals surface area contributed by atoms with Gasteiger partial charge < -0.3 is 19.8 Å². The Morgan fingerprint density at radius 1 is 1.16 bits per heavy atom. The van der Waals surface area contributed by atoms with E-state index in [0.717, 1.165) is 45.0 Å². The quantitative estimate of drug-likeness (QED) is 0.858. The van der Waals surface area contributed by atoms with Crippen molar-refractivity contribution >= 4 is 11.6 Å². The van der Waals surface area contributed by atoms with Gasteiger partial charge >= 0.3 is 0 Å². The standard InChI is InChI=1S/C20H31N3O2/c1-15-12-16(2)14-23(13-15)20(25)17(3)21-8-10-22(11-9-21)18-6-4-5-7-19(18)24/h4-7,15-17,24H,8-14H2,1-3H3/p+1/t15-,16+,17-/m1/s1. The van der Waals surface area contributed by atoms with Crippen molar-refractivity contribution in [2.75, 3.05) is 44.2 Å². The molecule has 138 valence electrons. The van der Waals surface area contributed by atoms with E-state index >= 15 is 0 Å². The number of likely N-dealkylation sites (tertiary alicyclic amines) is 1. The van der Waals surface area contributed by atoms with Gasteiger partial charge in [-0.3, -0.25) is 4.79 Å². The molecule has 0 spiro atoms. The minimum atomic E-state index is 0.0176. The summed E-state index contributed by atoms with van der Waals surface area (Å²) in [5.74, 6) is 1.86. The van der Waals surface area contributed by atoms with Crippen molar-refractivity contribution in [3.05, 3.63) is 24.3 Å². The minimum Gasteiger partial charge on any atom is -0.506 e. The normalized spacial score (nSPS) is 26.5. The number of nitrogens with one attached hydrogen (secondary N) is 1. The molecule has 25 heavy (non-hydrogen) atoms. The maximum atomic E-state index is 12.9. The highest BCUT2D eigenvalue weighted by atomic mass is 16.3. The summed E-state index contributed by atoms with van der Waals surface area (Å²) in [6.45, 7) is 12.0. The van der Waals surface area contributed by atoms with Crippen molar-refractivity contribution in [3.8, 4) is 5.75 Å². The predicted octanol–water partition coefficient (Wildman–Crippen LogP) is 0.990. The Kier molecular flexibility index (Phi) is 5.52. The zero-order valence-electron chi connectivity index (χ0n) is 15.7. The van der Waals surface area contributed by atoms with Gasteiger partial charge in [0.2, 0.25) is 0 Å². The molecule has 2 aliphatic rings. The number of quaternary nitrogens is 1. The number of hydrogen-bond donors (Lipinski definition) is 2. The molecule has 0 radical (unpaired) electrons. The monoisotopic (exact) mass is 346 g/mol. The molecular formula is C20H32N3O2+. The number of carbonyl (C=O) groups excluding carboxylic acids is 1. The van der Waals surface area contributed by atoms with Crippen molar-refractivity contribution in [1.82, 2.24) is 4.90 Å². The summed E-state index contributed by atoms with van der Waals surface area (Å²) in [5.41, 5.74) is 0.902. The van der Waals surface area contributed by atoms with Gasteiger partial charge in [0.25, 0.3) is 5.91 Å². The van der Waals surface area contributed by atoms with E-state index < -0.39 is 0 Å². The summed E-state index contributed by atoms with van der Waals surface area (Å²) < 4.78 is 0. The summed E-state index contributed by atoms with van der Waals surface area (Å²) in [5, 5.41) is 10.0. The summed E-state index contributed by atoms with van der Waals surface area (Å²) in [4.78, 5) is 18.6. The molecule has 2 aliphatic heterocycles. The average Bonchev–Trinajstić information content (AvgIpc) is 2.60. The molecule has 3 rings (SSSR count). The molecular weight excluding hydrogens is 314 g/mol. The third-order valence-electron chi connectivity index (χ3n) is 5.79. The zero-order chi connectivity index (χ0) is 18.0. The number of rotatable bonds is 3. The first-order valence-corrected chi connectivity index (χ1v) is 9.62. The smallest absolute Gasteiger partial charge is 0.280 e. The number of amides is 1. The Hall–Kier alpha value is -1.75. The summed E-state index contributed by atoms with van der Waals surface area (Å²) in [6, 6.07) is 7.52. The fraction of sp³-hybridized carbons (Fsp3) is 0.650. The van der Waals surface area contributed by atoms with Crippen LogP contribution < -0.4 is 9.80 Å². The van der Waals surface area contributed by atoms with Crippen LogP contribution in [0.15, 0.2) is 24.3 Å². The van der Waals surface area contributed by atoms with Crippen LogP contribution in [0, 0.1) is 11.8 Å². The van der Waals surface area contributed by atoms with E-state index in [2.05, 4.69) is 30.6 Å². The number of piperazine rings is 1. The van der Waals surface area contributed by atoms with Crippen molar-refractivity contribution in [2.24, 2.45) is 11.8 Å². The van der Waals surface area contributed by atoms with Crippen LogP contribution in [0.2, 0.25) is 0 Å². The maximum absolute atomic E-state index is 12.9. The molecule has 1 amide bonds. The Labute approximate surface area is 151 Å². The summed E-state index contributed by atoms with van der Waals surface area (Å²) in [6.07, 6.45) is 1.23. The van der Waals surface area contributed by atoms with Gasteiger partial charge in [0.1, 0.15) is 5.75 Å². The Morgan fingerprint density at radius 2 is 1.76 bits per heavy atom. The number of hydrogen-bond acceptors (Lipinski definition) is 3. The van der Waals surface area contributed by atoms with Gasteiger partial charge in [-0.2, -0.15) is 0 Å². The maximum Gasteiger partial charge on any atom is 0.280 e. The predicted molar refractivity (Wildman–Crippen MR) is 100 cm³/mol. The molecule has 2 saturated heterocycles. The number of carbonyl (C=O) groups is 1. The van der Waals surface area contributed by atoms with E-state index in [4.69, 9.17) is 0 Å². The van der Waals surface area contributed by atoms with Crippen molar-refractivity contribution in [2.45, 2.75) is 33.2 Å². The summed E-state index contributed by atoms with van der Waals surface area (Å²) >= 11 is 0.